The molecule has 2 saturated heterocycles. The van der Waals surface area contributed by atoms with Gasteiger partial charge in [0.2, 0.25) is 0 Å². The molecule has 3 aliphatic heterocycles. The number of rotatable bonds is 6. The molecule has 0 spiro atoms. The van der Waals surface area contributed by atoms with Gasteiger partial charge in [-0.1, -0.05) is 55.5 Å². The summed E-state index contributed by atoms with van der Waals surface area (Å²) >= 11 is 0. The average molecular weight is 529 g/mol. The Morgan fingerprint density at radius 1 is 0.821 bits per heavy atom. The zero-order chi connectivity index (χ0) is 26.9. The second kappa shape index (κ2) is 11.0. The quantitative estimate of drug-likeness (QED) is 0.482. The van der Waals surface area contributed by atoms with Gasteiger partial charge in [-0.15, -0.1) is 0 Å². The van der Waals surface area contributed by atoms with Gasteiger partial charge in [-0.25, -0.2) is 4.90 Å². The maximum Gasteiger partial charge on any atom is 0.266 e. The number of hydrogen-bond acceptors (Lipinski definition) is 7. The van der Waals surface area contributed by atoms with Crippen LogP contribution in [0.25, 0.3) is 0 Å². The largest absolute Gasteiger partial charge is 0.392 e. The average Bonchev–Trinajstić information content (AvgIpc) is 3.24. The van der Waals surface area contributed by atoms with Crippen molar-refractivity contribution in [2.45, 2.75) is 32.0 Å². The third kappa shape index (κ3) is 5.02. The van der Waals surface area contributed by atoms with Gasteiger partial charge in [-0.3, -0.25) is 14.5 Å². The van der Waals surface area contributed by atoms with Crippen molar-refractivity contribution in [1.29, 1.82) is 0 Å². The molecule has 39 heavy (non-hydrogen) atoms. The van der Waals surface area contributed by atoms with E-state index in [-0.39, 0.29) is 36.5 Å². The van der Waals surface area contributed by atoms with Gasteiger partial charge in [0.15, 0.2) is 6.29 Å². The van der Waals surface area contributed by atoms with E-state index < -0.39 is 6.29 Å². The second-order valence-electron chi connectivity index (χ2n) is 10.3. The van der Waals surface area contributed by atoms with E-state index in [2.05, 4.69) is 11.8 Å². The van der Waals surface area contributed by atoms with Gasteiger partial charge < -0.3 is 19.3 Å². The summed E-state index contributed by atoms with van der Waals surface area (Å²) in [5.74, 6) is -0.555. The lowest BCUT2D eigenvalue weighted by molar-refractivity contribution is -0.277. The van der Waals surface area contributed by atoms with Crippen molar-refractivity contribution in [1.82, 2.24) is 4.90 Å². The summed E-state index contributed by atoms with van der Waals surface area (Å²) in [5, 5.41) is 9.48. The summed E-state index contributed by atoms with van der Waals surface area (Å²) in [7, 11) is 0. The fourth-order valence-electron chi connectivity index (χ4n) is 5.57. The van der Waals surface area contributed by atoms with Crippen molar-refractivity contribution in [3.8, 4) is 0 Å². The van der Waals surface area contributed by atoms with Crippen molar-refractivity contribution in [3.63, 3.8) is 0 Å². The Kier molecular flexibility index (Phi) is 7.29. The van der Waals surface area contributed by atoms with Crippen LogP contribution < -0.4 is 4.90 Å². The molecule has 1 N–H and O–H groups in total. The van der Waals surface area contributed by atoms with E-state index >= 15 is 0 Å². The van der Waals surface area contributed by atoms with Crippen LogP contribution in [0.5, 0.6) is 0 Å². The van der Waals surface area contributed by atoms with Crippen molar-refractivity contribution in [3.05, 3.63) is 101 Å². The Bertz CT molecular complexity index is 1300. The van der Waals surface area contributed by atoms with E-state index in [1.165, 1.54) is 4.90 Å². The molecule has 2 amide bonds. The zero-order valence-electron chi connectivity index (χ0n) is 21.9. The van der Waals surface area contributed by atoms with Crippen LogP contribution in [-0.4, -0.2) is 60.8 Å². The molecule has 0 aromatic heterocycles. The third-order valence-electron chi connectivity index (χ3n) is 7.88. The molecule has 0 aliphatic carbocycles. The Morgan fingerprint density at radius 2 is 1.44 bits per heavy atom. The topological polar surface area (TPSA) is 88.5 Å². The predicted molar refractivity (Wildman–Crippen MR) is 144 cm³/mol. The first-order valence-corrected chi connectivity index (χ1v) is 13.4. The smallest absolute Gasteiger partial charge is 0.266 e. The van der Waals surface area contributed by atoms with Crippen LogP contribution in [0.2, 0.25) is 0 Å². The lowest BCUT2D eigenvalue weighted by Gasteiger charge is -2.43. The molecular weight excluding hydrogens is 496 g/mol. The molecule has 2 fully saturated rings. The molecular formula is C31H32N2O6. The molecule has 3 aromatic rings. The van der Waals surface area contributed by atoms with Crippen LogP contribution in [0.15, 0.2) is 72.8 Å². The summed E-state index contributed by atoms with van der Waals surface area (Å²) in [6, 6.07) is 22.0. The Hall–Kier alpha value is -3.40. The first-order valence-electron chi connectivity index (χ1n) is 13.4. The summed E-state index contributed by atoms with van der Waals surface area (Å²) in [6.07, 6.45) is -0.912. The number of aliphatic hydroxyl groups is 1. The highest BCUT2D eigenvalue weighted by molar-refractivity contribution is 6.34. The first kappa shape index (κ1) is 25.9. The van der Waals surface area contributed by atoms with Crippen LogP contribution in [0.4, 0.5) is 5.69 Å². The lowest BCUT2D eigenvalue weighted by atomic mass is 9.90. The summed E-state index contributed by atoms with van der Waals surface area (Å²) in [4.78, 5) is 29.4. The van der Waals surface area contributed by atoms with Gasteiger partial charge in [0.1, 0.15) is 0 Å². The molecule has 3 aromatic carbocycles. The molecule has 3 heterocycles. The van der Waals surface area contributed by atoms with E-state index in [1.54, 1.807) is 36.4 Å². The standard InChI is InChI=1S/C31H32N2O6/c1-20-27(18-32-14-16-37-17-15-32)38-31(39-28(20)22-8-6-21(19-34)7-9-22)23-10-12-24(13-11-23)33-29(35)25-4-2-3-5-26(25)30(33)36/h2-13,20,27-28,31,34H,14-19H2,1H3/t20-,27+,28+,31+/m1/s1. The molecule has 0 bridgehead atoms. The minimum absolute atomic E-state index is 0.00774. The number of carbonyl (C=O) groups is 2. The van der Waals surface area contributed by atoms with Gasteiger partial charge in [-0.05, 0) is 35.4 Å². The molecule has 0 unspecified atom stereocenters. The predicted octanol–water partition coefficient (Wildman–Crippen LogP) is 4.10. The third-order valence-corrected chi connectivity index (χ3v) is 7.88. The summed E-state index contributed by atoms with van der Waals surface area (Å²) in [5.41, 5.74) is 4.04. The number of morpholine rings is 1. The Labute approximate surface area is 227 Å². The number of ether oxygens (including phenoxy) is 3. The number of anilines is 1. The minimum Gasteiger partial charge on any atom is -0.392 e. The van der Waals surface area contributed by atoms with E-state index in [0.717, 1.165) is 36.3 Å². The summed E-state index contributed by atoms with van der Waals surface area (Å²) in [6.45, 7) is 6.07. The molecule has 6 rings (SSSR count). The van der Waals surface area contributed by atoms with Gasteiger partial charge in [-0.2, -0.15) is 0 Å². The number of benzene rings is 3. The lowest BCUT2D eigenvalue weighted by Crippen LogP contribution is -2.47. The molecule has 3 aliphatic rings. The maximum absolute atomic E-state index is 12.9. The number of hydrogen-bond donors (Lipinski definition) is 1. The maximum atomic E-state index is 12.9. The minimum atomic E-state index is -0.619. The summed E-state index contributed by atoms with van der Waals surface area (Å²) < 4.78 is 18.6. The number of carbonyl (C=O) groups excluding carboxylic acids is 2. The van der Waals surface area contributed by atoms with E-state index in [4.69, 9.17) is 14.2 Å². The van der Waals surface area contributed by atoms with Crippen LogP contribution >= 0.6 is 0 Å². The van der Waals surface area contributed by atoms with Gasteiger partial charge in [0, 0.05) is 31.1 Å². The Balaban J connectivity index is 1.25. The van der Waals surface area contributed by atoms with Gasteiger partial charge in [0.05, 0.1) is 48.8 Å². The van der Waals surface area contributed by atoms with Gasteiger partial charge >= 0.3 is 0 Å². The highest BCUT2D eigenvalue weighted by Crippen LogP contribution is 2.42. The number of fused-ring (bicyclic) bond motifs is 1. The van der Waals surface area contributed by atoms with Crippen molar-refractivity contribution in [2.24, 2.45) is 5.92 Å². The SMILES string of the molecule is C[C@@H]1[C@H](CN2CCOCC2)O[C@H](c2ccc(N3C(=O)c4ccccc4C3=O)cc2)O[C@@H]1c1ccc(CO)cc1. The number of amides is 2. The fraction of sp³-hybridized carbons (Fsp3) is 0.355. The molecule has 4 atom stereocenters. The van der Waals surface area contributed by atoms with Crippen LogP contribution in [0.3, 0.4) is 0 Å². The van der Waals surface area contributed by atoms with E-state index in [1.807, 2.05) is 36.4 Å². The highest BCUT2D eigenvalue weighted by atomic mass is 16.7. The van der Waals surface area contributed by atoms with Crippen LogP contribution in [0.1, 0.15) is 56.7 Å². The molecule has 202 valence electrons. The Morgan fingerprint density at radius 3 is 2.05 bits per heavy atom. The van der Waals surface area contributed by atoms with Gasteiger partial charge in [0.25, 0.3) is 11.8 Å². The monoisotopic (exact) mass is 528 g/mol. The number of aliphatic hydroxyl groups excluding tert-OH is 1. The molecule has 8 nitrogen and oxygen atoms in total. The normalized spacial score (nSPS) is 25.6. The highest BCUT2D eigenvalue weighted by Gasteiger charge is 2.40. The second-order valence-corrected chi connectivity index (χ2v) is 10.3. The fourth-order valence-corrected chi connectivity index (χ4v) is 5.57. The molecule has 0 radical (unpaired) electrons. The zero-order valence-corrected chi connectivity index (χ0v) is 21.9. The number of nitrogens with zero attached hydrogens (tertiary/aromatic N) is 2. The van der Waals surface area contributed by atoms with Crippen LogP contribution in [-0.2, 0) is 20.8 Å². The van der Waals surface area contributed by atoms with Crippen molar-refractivity contribution < 1.29 is 28.9 Å². The van der Waals surface area contributed by atoms with E-state index in [9.17, 15) is 14.7 Å². The van der Waals surface area contributed by atoms with Crippen molar-refractivity contribution >= 4 is 17.5 Å². The van der Waals surface area contributed by atoms with Crippen molar-refractivity contribution in [2.75, 3.05) is 37.7 Å². The van der Waals surface area contributed by atoms with Crippen LogP contribution in [0, 0.1) is 5.92 Å². The molecule has 0 saturated carbocycles. The molecule has 8 heteroatoms. The number of imide groups is 1. The first-order chi connectivity index (χ1) is 19.0. The van der Waals surface area contributed by atoms with E-state index in [0.29, 0.717) is 30.0 Å².